The van der Waals surface area contributed by atoms with Crippen LogP contribution in [0.5, 0.6) is 0 Å². The Labute approximate surface area is 119 Å². The maximum absolute atomic E-state index is 12.2. The van der Waals surface area contributed by atoms with Gasteiger partial charge in [-0.3, -0.25) is 9.59 Å². The summed E-state index contributed by atoms with van der Waals surface area (Å²) in [6.07, 6.45) is 1.01. The number of rotatable bonds is 4. The molecule has 0 spiro atoms. The van der Waals surface area contributed by atoms with Crippen LogP contribution in [0.25, 0.3) is 0 Å². The van der Waals surface area contributed by atoms with Crippen LogP contribution in [0.15, 0.2) is 24.3 Å². The van der Waals surface area contributed by atoms with Crippen molar-refractivity contribution in [2.45, 2.75) is 26.3 Å². The van der Waals surface area contributed by atoms with E-state index in [1.54, 1.807) is 24.3 Å². The molecule has 2 unspecified atom stereocenters. The van der Waals surface area contributed by atoms with Crippen LogP contribution in [0.2, 0.25) is 0 Å². The molecule has 5 nitrogen and oxygen atoms in total. The molecule has 0 radical (unpaired) electrons. The van der Waals surface area contributed by atoms with E-state index in [0.29, 0.717) is 23.7 Å². The topological polar surface area (TPSA) is 70.2 Å². The van der Waals surface area contributed by atoms with Crippen LogP contribution in [0.4, 0.5) is 5.69 Å². The van der Waals surface area contributed by atoms with Gasteiger partial charge in [0.1, 0.15) is 0 Å². The van der Waals surface area contributed by atoms with Gasteiger partial charge in [-0.15, -0.1) is 0 Å². The van der Waals surface area contributed by atoms with Crippen molar-refractivity contribution < 1.29 is 9.59 Å². The first-order valence-corrected chi connectivity index (χ1v) is 7.04. The molecule has 20 heavy (non-hydrogen) atoms. The van der Waals surface area contributed by atoms with Gasteiger partial charge < -0.3 is 16.0 Å². The van der Waals surface area contributed by atoms with Crippen molar-refractivity contribution in [3.05, 3.63) is 29.8 Å². The first kappa shape index (κ1) is 14.5. The second kappa shape index (κ2) is 6.52. The minimum Gasteiger partial charge on any atom is -0.352 e. The molecule has 0 aromatic heterocycles. The molecule has 1 fully saturated rings. The Morgan fingerprint density at radius 2 is 2.20 bits per heavy atom. The highest BCUT2D eigenvalue weighted by molar-refractivity contribution is 5.98. The lowest BCUT2D eigenvalue weighted by Gasteiger charge is -2.15. The maximum Gasteiger partial charge on any atom is 0.251 e. The highest BCUT2D eigenvalue weighted by Gasteiger charge is 2.29. The van der Waals surface area contributed by atoms with Crippen LogP contribution in [-0.4, -0.2) is 30.9 Å². The molecule has 2 atom stereocenters. The lowest BCUT2D eigenvalue weighted by atomic mass is 10.0. The molecule has 108 valence electrons. The summed E-state index contributed by atoms with van der Waals surface area (Å²) in [5.74, 6) is 0.167. The quantitative estimate of drug-likeness (QED) is 0.777. The third-order valence-electron chi connectivity index (χ3n) is 3.55. The SMILES string of the molecule is CCNC(=O)c1cccc(NC(=O)C2NCCC2C)c1. The van der Waals surface area contributed by atoms with Gasteiger partial charge in [0.05, 0.1) is 6.04 Å². The van der Waals surface area contributed by atoms with Crippen molar-refractivity contribution in [1.29, 1.82) is 0 Å². The maximum atomic E-state index is 12.2. The van der Waals surface area contributed by atoms with Crippen molar-refractivity contribution in [3.63, 3.8) is 0 Å². The van der Waals surface area contributed by atoms with Gasteiger partial charge in [-0.2, -0.15) is 0 Å². The number of hydrogen-bond acceptors (Lipinski definition) is 3. The molecule has 3 N–H and O–H groups in total. The molecule has 2 amide bonds. The zero-order chi connectivity index (χ0) is 14.5. The number of hydrogen-bond donors (Lipinski definition) is 3. The zero-order valence-electron chi connectivity index (χ0n) is 11.9. The Morgan fingerprint density at radius 1 is 1.40 bits per heavy atom. The van der Waals surface area contributed by atoms with Gasteiger partial charge in [0.15, 0.2) is 0 Å². The van der Waals surface area contributed by atoms with Crippen molar-refractivity contribution in [1.82, 2.24) is 10.6 Å². The van der Waals surface area contributed by atoms with Crippen LogP contribution < -0.4 is 16.0 Å². The average Bonchev–Trinajstić information content (AvgIpc) is 2.85. The third-order valence-corrected chi connectivity index (χ3v) is 3.55. The van der Waals surface area contributed by atoms with Gasteiger partial charge in [0, 0.05) is 17.8 Å². The summed E-state index contributed by atoms with van der Waals surface area (Å²) in [5.41, 5.74) is 1.21. The Balaban J connectivity index is 2.04. The smallest absolute Gasteiger partial charge is 0.251 e. The number of carbonyl (C=O) groups is 2. The lowest BCUT2D eigenvalue weighted by molar-refractivity contribution is -0.118. The Kier molecular flexibility index (Phi) is 4.74. The first-order valence-electron chi connectivity index (χ1n) is 7.04. The largest absolute Gasteiger partial charge is 0.352 e. The third kappa shape index (κ3) is 3.36. The second-order valence-corrected chi connectivity index (χ2v) is 5.13. The van der Waals surface area contributed by atoms with E-state index in [-0.39, 0.29) is 17.9 Å². The van der Waals surface area contributed by atoms with Crippen LogP contribution in [0.3, 0.4) is 0 Å². The van der Waals surface area contributed by atoms with E-state index in [4.69, 9.17) is 0 Å². The van der Waals surface area contributed by atoms with E-state index < -0.39 is 0 Å². The number of benzene rings is 1. The predicted octanol–water partition coefficient (Wildman–Crippen LogP) is 1.37. The second-order valence-electron chi connectivity index (χ2n) is 5.13. The predicted molar refractivity (Wildman–Crippen MR) is 78.7 cm³/mol. The molecule has 1 saturated heterocycles. The molecule has 0 saturated carbocycles. The standard InChI is InChI=1S/C15H21N3O2/c1-3-16-14(19)11-5-4-6-12(9-11)18-15(20)13-10(2)7-8-17-13/h4-6,9-10,13,17H,3,7-8H2,1-2H3,(H,16,19)(H,18,20). The molecule has 1 aliphatic rings. The Morgan fingerprint density at radius 3 is 2.85 bits per heavy atom. The van der Waals surface area contributed by atoms with Gasteiger partial charge in [-0.1, -0.05) is 13.0 Å². The summed E-state index contributed by atoms with van der Waals surface area (Å²) in [4.78, 5) is 23.9. The summed E-state index contributed by atoms with van der Waals surface area (Å²) < 4.78 is 0. The normalized spacial score (nSPS) is 21.5. The van der Waals surface area contributed by atoms with Crippen LogP contribution in [-0.2, 0) is 4.79 Å². The van der Waals surface area contributed by atoms with Crippen LogP contribution in [0.1, 0.15) is 30.6 Å². The minimum absolute atomic E-state index is 0.0388. The lowest BCUT2D eigenvalue weighted by Crippen LogP contribution is -2.39. The van der Waals surface area contributed by atoms with Gasteiger partial charge >= 0.3 is 0 Å². The molecular weight excluding hydrogens is 254 g/mol. The fraction of sp³-hybridized carbons (Fsp3) is 0.467. The fourth-order valence-electron chi connectivity index (χ4n) is 2.41. The van der Waals surface area contributed by atoms with Gasteiger partial charge in [0.25, 0.3) is 5.91 Å². The highest BCUT2D eigenvalue weighted by Crippen LogP contribution is 2.17. The minimum atomic E-state index is -0.150. The number of nitrogens with one attached hydrogen (secondary N) is 3. The van der Waals surface area contributed by atoms with Crippen molar-refractivity contribution in [2.24, 2.45) is 5.92 Å². The molecule has 1 heterocycles. The number of amides is 2. The van der Waals surface area contributed by atoms with Crippen LogP contribution >= 0.6 is 0 Å². The molecule has 1 aromatic rings. The molecule has 1 aliphatic heterocycles. The van der Waals surface area contributed by atoms with E-state index in [0.717, 1.165) is 13.0 Å². The Bertz CT molecular complexity index is 502. The van der Waals surface area contributed by atoms with E-state index in [9.17, 15) is 9.59 Å². The van der Waals surface area contributed by atoms with E-state index in [1.807, 2.05) is 6.92 Å². The van der Waals surface area contributed by atoms with Gasteiger partial charge in [-0.25, -0.2) is 0 Å². The van der Waals surface area contributed by atoms with Crippen LogP contribution in [0, 0.1) is 5.92 Å². The summed E-state index contributed by atoms with van der Waals surface area (Å²) in [6.45, 7) is 5.39. The van der Waals surface area contributed by atoms with E-state index in [2.05, 4.69) is 22.9 Å². The van der Waals surface area contributed by atoms with Gasteiger partial charge in [0.2, 0.25) is 5.91 Å². The highest BCUT2D eigenvalue weighted by atomic mass is 16.2. The summed E-state index contributed by atoms with van der Waals surface area (Å²) in [7, 11) is 0. The van der Waals surface area contributed by atoms with E-state index in [1.165, 1.54) is 0 Å². The Hall–Kier alpha value is -1.88. The number of anilines is 1. The average molecular weight is 275 g/mol. The van der Waals surface area contributed by atoms with Crippen molar-refractivity contribution in [3.8, 4) is 0 Å². The summed E-state index contributed by atoms with van der Waals surface area (Å²) in [5, 5.41) is 8.80. The molecule has 0 bridgehead atoms. The summed E-state index contributed by atoms with van der Waals surface area (Å²) >= 11 is 0. The van der Waals surface area contributed by atoms with Crippen molar-refractivity contribution >= 4 is 17.5 Å². The fourth-order valence-corrected chi connectivity index (χ4v) is 2.41. The monoisotopic (exact) mass is 275 g/mol. The molecule has 0 aliphatic carbocycles. The van der Waals surface area contributed by atoms with Crippen molar-refractivity contribution in [2.75, 3.05) is 18.4 Å². The molecule has 5 heteroatoms. The molecular formula is C15H21N3O2. The molecule has 1 aromatic carbocycles. The number of carbonyl (C=O) groups excluding carboxylic acids is 2. The first-order chi connectivity index (χ1) is 9.61. The molecule has 2 rings (SSSR count). The van der Waals surface area contributed by atoms with Gasteiger partial charge in [-0.05, 0) is 44.0 Å². The zero-order valence-corrected chi connectivity index (χ0v) is 11.9. The summed E-state index contributed by atoms with van der Waals surface area (Å²) in [6, 6.07) is 6.84. The van der Waals surface area contributed by atoms with E-state index >= 15 is 0 Å².